The Hall–Kier alpha value is -1.85. The Morgan fingerprint density at radius 2 is 1.68 bits per heavy atom. The summed E-state index contributed by atoms with van der Waals surface area (Å²) in [5, 5.41) is 0. The van der Waals surface area contributed by atoms with Crippen LogP contribution in [0.3, 0.4) is 0 Å². The SMILES string of the molecule is C=C=C(CC)C(C([Se])=NCc1ccccc1)c1ccccc1. The third kappa shape index (κ3) is 4.32. The molecule has 1 radical (unpaired) electrons. The van der Waals surface area contributed by atoms with E-state index in [0.29, 0.717) is 6.54 Å². The molecule has 0 saturated heterocycles. The molecule has 1 atom stereocenters. The van der Waals surface area contributed by atoms with Gasteiger partial charge in [0.15, 0.2) is 0 Å². The number of allylic oxidation sites excluding steroid dienone is 1. The van der Waals surface area contributed by atoms with Gasteiger partial charge in [0, 0.05) is 0 Å². The molecule has 0 N–H and O–H groups in total. The number of hydrogen-bond donors (Lipinski definition) is 0. The Morgan fingerprint density at radius 3 is 2.23 bits per heavy atom. The van der Waals surface area contributed by atoms with Gasteiger partial charge in [0.1, 0.15) is 0 Å². The molecular weight excluding hydrogens is 333 g/mol. The molecule has 1 unspecified atom stereocenters. The molecule has 0 aliphatic rings. The molecule has 0 amide bonds. The average molecular weight is 353 g/mol. The van der Waals surface area contributed by atoms with E-state index >= 15 is 0 Å². The van der Waals surface area contributed by atoms with Gasteiger partial charge >= 0.3 is 141 Å². The first-order valence-electron chi connectivity index (χ1n) is 7.45. The summed E-state index contributed by atoms with van der Waals surface area (Å²) >= 11 is 3.16. The van der Waals surface area contributed by atoms with Crippen LogP contribution in [0.15, 0.2) is 83.5 Å². The predicted molar refractivity (Wildman–Crippen MR) is 95.5 cm³/mol. The molecule has 0 fully saturated rings. The third-order valence-corrected chi connectivity index (χ3v) is 4.36. The molecule has 0 bridgehead atoms. The Labute approximate surface area is 141 Å². The van der Waals surface area contributed by atoms with E-state index in [2.05, 4.69) is 71.6 Å². The van der Waals surface area contributed by atoms with Crippen LogP contribution in [0.1, 0.15) is 30.4 Å². The summed E-state index contributed by atoms with van der Waals surface area (Å²) in [6, 6.07) is 20.7. The molecule has 2 aromatic rings. The van der Waals surface area contributed by atoms with E-state index in [4.69, 9.17) is 4.99 Å². The Bertz CT molecular complexity index is 667. The monoisotopic (exact) mass is 354 g/mol. The van der Waals surface area contributed by atoms with Crippen molar-refractivity contribution in [1.29, 1.82) is 0 Å². The number of benzene rings is 2. The van der Waals surface area contributed by atoms with Gasteiger partial charge in [0.2, 0.25) is 0 Å². The molecule has 22 heavy (non-hydrogen) atoms. The van der Waals surface area contributed by atoms with Crippen molar-refractivity contribution in [1.82, 2.24) is 0 Å². The normalized spacial score (nSPS) is 12.5. The van der Waals surface area contributed by atoms with Crippen molar-refractivity contribution in [3.8, 4) is 0 Å². The number of nitrogens with zero attached hydrogens (tertiary/aromatic N) is 1. The van der Waals surface area contributed by atoms with E-state index in [-0.39, 0.29) is 5.92 Å². The average Bonchev–Trinajstić information content (AvgIpc) is 2.59. The number of aliphatic imine (C=N–C) groups is 1. The molecule has 0 spiro atoms. The first-order valence-corrected chi connectivity index (χ1v) is 8.31. The fourth-order valence-corrected chi connectivity index (χ4v) is 3.13. The van der Waals surface area contributed by atoms with Crippen molar-refractivity contribution in [3.63, 3.8) is 0 Å². The van der Waals surface area contributed by atoms with Gasteiger partial charge in [-0.3, -0.25) is 0 Å². The van der Waals surface area contributed by atoms with Crippen LogP contribution >= 0.6 is 0 Å². The van der Waals surface area contributed by atoms with Crippen molar-refractivity contribution in [2.75, 3.05) is 0 Å². The van der Waals surface area contributed by atoms with Crippen molar-refractivity contribution in [2.24, 2.45) is 4.99 Å². The van der Waals surface area contributed by atoms with E-state index in [9.17, 15) is 0 Å². The zero-order valence-electron chi connectivity index (χ0n) is 12.8. The molecule has 0 aliphatic heterocycles. The van der Waals surface area contributed by atoms with Crippen LogP contribution in [-0.4, -0.2) is 20.6 Å². The Kier molecular flexibility index (Phi) is 6.43. The van der Waals surface area contributed by atoms with Crippen LogP contribution in [-0.2, 0) is 6.54 Å². The molecule has 0 heterocycles. The topological polar surface area (TPSA) is 12.4 Å². The van der Waals surface area contributed by atoms with E-state index in [1.54, 1.807) is 0 Å². The summed E-state index contributed by atoms with van der Waals surface area (Å²) < 4.78 is 0.989. The molecule has 2 heteroatoms. The molecule has 2 rings (SSSR count). The van der Waals surface area contributed by atoms with Gasteiger partial charge in [-0.2, -0.15) is 0 Å². The predicted octanol–water partition coefficient (Wildman–Crippen LogP) is 4.66. The van der Waals surface area contributed by atoms with Crippen LogP contribution in [0, 0.1) is 0 Å². The second kappa shape index (κ2) is 8.56. The maximum absolute atomic E-state index is 4.76. The molecule has 111 valence electrons. The molecule has 0 aliphatic carbocycles. The fourth-order valence-electron chi connectivity index (χ4n) is 2.41. The van der Waals surface area contributed by atoms with Gasteiger partial charge in [-0.05, 0) is 0 Å². The summed E-state index contributed by atoms with van der Waals surface area (Å²) in [6.45, 7) is 6.66. The van der Waals surface area contributed by atoms with Crippen LogP contribution in [0.5, 0.6) is 0 Å². The van der Waals surface area contributed by atoms with Gasteiger partial charge in [-0.1, -0.05) is 0 Å². The zero-order valence-corrected chi connectivity index (χ0v) is 14.5. The molecule has 2 aromatic carbocycles. The van der Waals surface area contributed by atoms with Crippen LogP contribution in [0.2, 0.25) is 0 Å². The minimum atomic E-state index is 0.118. The molecule has 1 nitrogen and oxygen atoms in total. The standard InChI is InChI=1S/C20H20NSe/c1-3-17(4-2)19(18-13-9-6-10-14-18)20(22)21-15-16-11-7-5-8-12-16/h5-14,19H,1,4,15H2,2H3. The number of rotatable bonds is 6. The van der Waals surface area contributed by atoms with Crippen molar-refractivity contribution < 1.29 is 0 Å². The summed E-state index contributed by atoms with van der Waals surface area (Å²) in [5.74, 6) is 0.118. The summed E-state index contributed by atoms with van der Waals surface area (Å²) in [7, 11) is 0. The Morgan fingerprint density at radius 1 is 1.09 bits per heavy atom. The molecular formula is C20H20NSe. The molecule has 0 aromatic heterocycles. The quantitative estimate of drug-likeness (QED) is 0.407. The van der Waals surface area contributed by atoms with Crippen molar-refractivity contribution in [3.05, 3.63) is 89.7 Å². The zero-order chi connectivity index (χ0) is 15.8. The third-order valence-electron chi connectivity index (χ3n) is 3.60. The van der Waals surface area contributed by atoms with Gasteiger partial charge in [-0.25, -0.2) is 0 Å². The molecule has 0 saturated carbocycles. The first-order chi connectivity index (χ1) is 10.8. The number of hydrogen-bond acceptors (Lipinski definition) is 1. The second-order valence-electron chi connectivity index (χ2n) is 5.04. The summed E-state index contributed by atoms with van der Waals surface area (Å²) in [5.41, 5.74) is 6.69. The minimum absolute atomic E-state index is 0.118. The van der Waals surface area contributed by atoms with Crippen molar-refractivity contribution in [2.45, 2.75) is 25.8 Å². The fraction of sp³-hybridized carbons (Fsp3) is 0.200. The van der Waals surface area contributed by atoms with Crippen molar-refractivity contribution >= 4 is 20.6 Å². The van der Waals surface area contributed by atoms with Crippen LogP contribution < -0.4 is 0 Å². The first kappa shape index (κ1) is 16.5. The van der Waals surface area contributed by atoms with Gasteiger partial charge in [0.25, 0.3) is 0 Å². The van der Waals surface area contributed by atoms with E-state index in [0.717, 1.165) is 16.6 Å². The second-order valence-corrected chi connectivity index (χ2v) is 5.92. The maximum atomic E-state index is 4.76. The summed E-state index contributed by atoms with van der Waals surface area (Å²) in [6.07, 6.45) is 0.912. The van der Waals surface area contributed by atoms with Crippen LogP contribution in [0.4, 0.5) is 0 Å². The van der Waals surface area contributed by atoms with Gasteiger partial charge in [0.05, 0.1) is 0 Å². The Balaban J connectivity index is 2.30. The summed E-state index contributed by atoms with van der Waals surface area (Å²) in [4.78, 5) is 4.76. The van der Waals surface area contributed by atoms with E-state index in [1.165, 1.54) is 11.1 Å². The van der Waals surface area contributed by atoms with Gasteiger partial charge < -0.3 is 0 Å². The van der Waals surface area contributed by atoms with Gasteiger partial charge in [-0.15, -0.1) is 0 Å². The van der Waals surface area contributed by atoms with E-state index < -0.39 is 0 Å². The van der Waals surface area contributed by atoms with E-state index in [1.807, 2.05) is 24.3 Å². The van der Waals surface area contributed by atoms with Crippen LogP contribution in [0.25, 0.3) is 0 Å².